The molecule has 1 aliphatic heterocycles. The Kier molecular flexibility index (Phi) is 5.25. The Balaban J connectivity index is 1.42. The topological polar surface area (TPSA) is 88.5 Å². The summed E-state index contributed by atoms with van der Waals surface area (Å²) in [4.78, 5) is 33.3. The van der Waals surface area contributed by atoms with Crippen LogP contribution in [-0.2, 0) is 20.6 Å². The standard InChI is InChI=1S/C20H26N6O3/c1-22-18-17(19(28)23(2)20(22)29)26(14-21-18)13-16(27)12-24-8-10-25(11-9-24)15-6-4-3-5-7-15/h3-7,14,16,27H,8-13H2,1-2H3. The molecule has 0 bridgehead atoms. The molecular weight excluding hydrogens is 372 g/mol. The van der Waals surface area contributed by atoms with Gasteiger partial charge in [-0.05, 0) is 12.1 Å². The predicted molar refractivity (Wildman–Crippen MR) is 111 cm³/mol. The summed E-state index contributed by atoms with van der Waals surface area (Å²) in [5.41, 5.74) is 1.08. The summed E-state index contributed by atoms with van der Waals surface area (Å²) in [6.45, 7) is 4.33. The number of aryl methyl sites for hydroxylation is 1. The summed E-state index contributed by atoms with van der Waals surface area (Å²) in [5, 5.41) is 10.6. The molecule has 0 radical (unpaired) electrons. The molecule has 1 saturated heterocycles. The smallest absolute Gasteiger partial charge is 0.332 e. The van der Waals surface area contributed by atoms with Crippen molar-refractivity contribution >= 4 is 16.9 Å². The molecule has 1 N–H and O–H groups in total. The fraction of sp³-hybridized carbons (Fsp3) is 0.450. The van der Waals surface area contributed by atoms with Crippen LogP contribution in [0.2, 0.25) is 0 Å². The van der Waals surface area contributed by atoms with E-state index in [0.29, 0.717) is 17.7 Å². The van der Waals surface area contributed by atoms with Gasteiger partial charge in [-0.3, -0.25) is 18.8 Å². The predicted octanol–water partition coefficient (Wildman–Crippen LogP) is -0.383. The van der Waals surface area contributed by atoms with E-state index in [1.54, 1.807) is 11.6 Å². The highest BCUT2D eigenvalue weighted by Gasteiger charge is 2.21. The number of piperazine rings is 1. The van der Waals surface area contributed by atoms with Crippen LogP contribution >= 0.6 is 0 Å². The number of rotatable bonds is 5. The van der Waals surface area contributed by atoms with E-state index >= 15 is 0 Å². The maximum absolute atomic E-state index is 12.5. The Hall–Kier alpha value is -2.91. The van der Waals surface area contributed by atoms with Gasteiger partial charge in [0.25, 0.3) is 5.56 Å². The molecule has 1 aliphatic rings. The summed E-state index contributed by atoms with van der Waals surface area (Å²) in [7, 11) is 3.04. The van der Waals surface area contributed by atoms with Crippen molar-refractivity contribution in [2.75, 3.05) is 37.6 Å². The second-order valence-corrected chi connectivity index (χ2v) is 7.55. The number of β-amino-alcohol motifs (C(OH)–C–C–N with tert-alkyl or cyclic N) is 1. The molecule has 1 fully saturated rings. The van der Waals surface area contributed by atoms with Gasteiger partial charge in [-0.15, -0.1) is 0 Å². The molecule has 1 atom stereocenters. The minimum absolute atomic E-state index is 0.253. The first-order valence-corrected chi connectivity index (χ1v) is 9.77. The maximum Gasteiger partial charge on any atom is 0.332 e. The zero-order valence-corrected chi connectivity index (χ0v) is 16.7. The molecule has 1 unspecified atom stereocenters. The van der Waals surface area contributed by atoms with E-state index in [0.717, 1.165) is 30.7 Å². The second kappa shape index (κ2) is 7.84. The van der Waals surface area contributed by atoms with Crippen LogP contribution in [-0.4, -0.2) is 67.5 Å². The van der Waals surface area contributed by atoms with Crippen molar-refractivity contribution in [3.8, 4) is 0 Å². The average molecular weight is 398 g/mol. The number of aromatic nitrogens is 4. The Morgan fingerprint density at radius 3 is 2.38 bits per heavy atom. The van der Waals surface area contributed by atoms with Crippen molar-refractivity contribution in [3.05, 3.63) is 57.5 Å². The van der Waals surface area contributed by atoms with Crippen molar-refractivity contribution in [1.29, 1.82) is 0 Å². The Morgan fingerprint density at radius 1 is 1.00 bits per heavy atom. The number of hydrogen-bond donors (Lipinski definition) is 1. The molecule has 3 heterocycles. The molecule has 1 aromatic carbocycles. The Labute approximate surface area is 168 Å². The number of imidazole rings is 1. The van der Waals surface area contributed by atoms with Crippen LogP contribution in [0.4, 0.5) is 5.69 Å². The molecular formula is C20H26N6O3. The highest BCUT2D eigenvalue weighted by Crippen LogP contribution is 2.16. The van der Waals surface area contributed by atoms with Crippen molar-refractivity contribution < 1.29 is 5.11 Å². The van der Waals surface area contributed by atoms with E-state index in [2.05, 4.69) is 26.9 Å². The largest absolute Gasteiger partial charge is 0.390 e. The van der Waals surface area contributed by atoms with Gasteiger partial charge < -0.3 is 14.6 Å². The molecule has 0 amide bonds. The molecule has 9 heteroatoms. The van der Waals surface area contributed by atoms with Crippen molar-refractivity contribution in [2.24, 2.45) is 14.1 Å². The van der Waals surface area contributed by atoms with Gasteiger partial charge >= 0.3 is 5.69 Å². The average Bonchev–Trinajstić information content (AvgIpc) is 3.15. The Morgan fingerprint density at radius 2 is 1.69 bits per heavy atom. The van der Waals surface area contributed by atoms with Crippen molar-refractivity contribution in [1.82, 2.24) is 23.6 Å². The minimum Gasteiger partial charge on any atom is -0.390 e. The first kappa shape index (κ1) is 19.4. The molecule has 9 nitrogen and oxygen atoms in total. The zero-order valence-electron chi connectivity index (χ0n) is 16.7. The molecule has 154 valence electrons. The minimum atomic E-state index is -0.641. The van der Waals surface area contributed by atoms with E-state index in [1.165, 1.54) is 23.6 Å². The van der Waals surface area contributed by atoms with Gasteiger partial charge in [0.05, 0.1) is 19.0 Å². The highest BCUT2D eigenvalue weighted by atomic mass is 16.3. The van der Waals surface area contributed by atoms with Gasteiger partial charge in [0.2, 0.25) is 0 Å². The van der Waals surface area contributed by atoms with Crippen LogP contribution in [0.15, 0.2) is 46.2 Å². The quantitative estimate of drug-likeness (QED) is 0.630. The highest BCUT2D eigenvalue weighted by molar-refractivity contribution is 5.69. The lowest BCUT2D eigenvalue weighted by molar-refractivity contribution is 0.0958. The monoisotopic (exact) mass is 398 g/mol. The maximum atomic E-state index is 12.5. The van der Waals surface area contributed by atoms with Crippen LogP contribution in [0.25, 0.3) is 11.2 Å². The van der Waals surface area contributed by atoms with E-state index in [1.807, 2.05) is 18.2 Å². The molecule has 0 spiro atoms. The number of fused-ring (bicyclic) bond motifs is 1. The van der Waals surface area contributed by atoms with Gasteiger partial charge in [0, 0.05) is 52.5 Å². The fourth-order valence-corrected chi connectivity index (χ4v) is 3.95. The molecule has 29 heavy (non-hydrogen) atoms. The lowest BCUT2D eigenvalue weighted by Gasteiger charge is -2.36. The van der Waals surface area contributed by atoms with Gasteiger partial charge in [-0.25, -0.2) is 9.78 Å². The van der Waals surface area contributed by atoms with Crippen LogP contribution < -0.4 is 16.1 Å². The summed E-state index contributed by atoms with van der Waals surface area (Å²) >= 11 is 0. The molecule has 4 rings (SSSR count). The first-order chi connectivity index (χ1) is 14.0. The third kappa shape index (κ3) is 3.70. The number of anilines is 1. The normalized spacial score (nSPS) is 16.4. The number of hydrogen-bond acceptors (Lipinski definition) is 6. The molecule has 2 aromatic heterocycles. The van der Waals surface area contributed by atoms with Crippen molar-refractivity contribution in [3.63, 3.8) is 0 Å². The zero-order chi connectivity index (χ0) is 20.5. The van der Waals surface area contributed by atoms with Crippen LogP contribution in [0.3, 0.4) is 0 Å². The van der Waals surface area contributed by atoms with E-state index in [9.17, 15) is 14.7 Å². The third-order valence-corrected chi connectivity index (χ3v) is 5.59. The van der Waals surface area contributed by atoms with Gasteiger partial charge in [0.15, 0.2) is 11.2 Å². The van der Waals surface area contributed by atoms with E-state index < -0.39 is 17.4 Å². The van der Waals surface area contributed by atoms with Crippen molar-refractivity contribution in [2.45, 2.75) is 12.6 Å². The van der Waals surface area contributed by atoms with Gasteiger partial charge in [-0.1, -0.05) is 18.2 Å². The Bertz CT molecular complexity index is 1110. The number of aliphatic hydroxyl groups is 1. The third-order valence-electron chi connectivity index (χ3n) is 5.59. The van der Waals surface area contributed by atoms with Crippen LogP contribution in [0.5, 0.6) is 0 Å². The van der Waals surface area contributed by atoms with E-state index in [-0.39, 0.29) is 6.54 Å². The molecule has 0 saturated carbocycles. The first-order valence-electron chi connectivity index (χ1n) is 9.77. The van der Waals surface area contributed by atoms with Crippen LogP contribution in [0.1, 0.15) is 0 Å². The summed E-state index contributed by atoms with van der Waals surface area (Å²) < 4.78 is 4.06. The van der Waals surface area contributed by atoms with Gasteiger partial charge in [0.1, 0.15) is 0 Å². The summed E-state index contributed by atoms with van der Waals surface area (Å²) in [5.74, 6) is 0. The lowest BCUT2D eigenvalue weighted by Crippen LogP contribution is -2.49. The summed E-state index contributed by atoms with van der Waals surface area (Å²) in [6, 6.07) is 10.3. The van der Waals surface area contributed by atoms with Crippen LogP contribution in [0, 0.1) is 0 Å². The molecule has 3 aromatic rings. The molecule has 0 aliphatic carbocycles. The number of nitrogens with zero attached hydrogens (tertiary/aromatic N) is 6. The SMILES string of the molecule is Cn1c(=O)c2c(ncn2CC(O)CN2CCN(c3ccccc3)CC2)n(C)c1=O. The lowest BCUT2D eigenvalue weighted by atomic mass is 10.2. The van der Waals surface area contributed by atoms with E-state index in [4.69, 9.17) is 0 Å². The number of aliphatic hydroxyl groups excluding tert-OH is 1. The number of para-hydroxylation sites is 1. The fourth-order valence-electron chi connectivity index (χ4n) is 3.95. The van der Waals surface area contributed by atoms with Gasteiger partial charge in [-0.2, -0.15) is 0 Å². The summed E-state index contributed by atoms with van der Waals surface area (Å²) in [6.07, 6.45) is 0.875. The number of benzene rings is 1. The second-order valence-electron chi connectivity index (χ2n) is 7.55.